The van der Waals surface area contributed by atoms with E-state index >= 15 is 0 Å². The van der Waals surface area contributed by atoms with Crippen molar-refractivity contribution in [3.05, 3.63) is 162 Å². The third kappa shape index (κ3) is 4.35. The minimum atomic E-state index is 0.0616. The SMILES string of the molecule is CC1(C)CCC(C)(C)c2c(N(c3ccc(-c4ccccc4)cc3)c3ccc4c(c3)C3(c5cc(-c6ccccc6)ccc5S4)C4CC5CC6CC3C64C5)cccc21. The molecule has 5 aliphatic carbocycles. The highest BCUT2D eigenvalue weighted by Gasteiger charge is 2.84. The van der Waals surface area contributed by atoms with E-state index in [0.717, 1.165) is 23.7 Å². The zero-order valence-electron chi connectivity index (χ0n) is 33.2. The van der Waals surface area contributed by atoms with E-state index in [1.54, 1.807) is 11.1 Å². The fourth-order valence-electron chi connectivity index (χ4n) is 13.8. The van der Waals surface area contributed by atoms with Gasteiger partial charge in [-0.25, -0.2) is 0 Å². The van der Waals surface area contributed by atoms with E-state index in [1.165, 1.54) is 98.8 Å². The highest BCUT2D eigenvalue weighted by Crippen LogP contribution is 2.89. The summed E-state index contributed by atoms with van der Waals surface area (Å²) in [6.45, 7) is 9.88. The Kier molecular flexibility index (Phi) is 6.92. The van der Waals surface area contributed by atoms with Crippen molar-refractivity contribution < 1.29 is 0 Å². The molecular weight excluding hydrogens is 695 g/mol. The van der Waals surface area contributed by atoms with E-state index in [1.807, 2.05) is 11.8 Å². The van der Waals surface area contributed by atoms with Gasteiger partial charge in [0.1, 0.15) is 0 Å². The summed E-state index contributed by atoms with van der Waals surface area (Å²) in [5.74, 6) is 3.34. The second-order valence-corrected chi connectivity index (χ2v) is 20.7. The van der Waals surface area contributed by atoms with Crippen LogP contribution in [-0.4, -0.2) is 0 Å². The Hall–Kier alpha value is -4.53. The van der Waals surface area contributed by atoms with Crippen LogP contribution in [0.2, 0.25) is 0 Å². The van der Waals surface area contributed by atoms with Gasteiger partial charge in [0.25, 0.3) is 0 Å². The summed E-state index contributed by atoms with van der Waals surface area (Å²) < 4.78 is 0. The number of rotatable bonds is 5. The minimum Gasteiger partial charge on any atom is -0.310 e. The molecule has 1 aliphatic heterocycles. The molecule has 6 atom stereocenters. The average molecular weight is 746 g/mol. The van der Waals surface area contributed by atoms with Crippen molar-refractivity contribution >= 4 is 28.8 Å². The van der Waals surface area contributed by atoms with Crippen LogP contribution in [0.15, 0.2) is 149 Å². The molecule has 0 radical (unpaired) electrons. The Balaban J connectivity index is 1.07. The summed E-state index contributed by atoms with van der Waals surface area (Å²) in [5.41, 5.74) is 16.2. The maximum absolute atomic E-state index is 2.69. The number of anilines is 3. The summed E-state index contributed by atoms with van der Waals surface area (Å²) in [5, 5.41) is 0. The summed E-state index contributed by atoms with van der Waals surface area (Å²) in [6.07, 6.45) is 8.15. The molecule has 56 heavy (non-hydrogen) atoms. The average Bonchev–Trinajstić information content (AvgIpc) is 3.76. The van der Waals surface area contributed by atoms with Crippen LogP contribution in [0.3, 0.4) is 0 Å². The van der Waals surface area contributed by atoms with Crippen LogP contribution in [0.4, 0.5) is 17.1 Å². The van der Waals surface area contributed by atoms with Gasteiger partial charge in [-0.05, 0) is 171 Å². The van der Waals surface area contributed by atoms with Gasteiger partial charge in [-0.15, -0.1) is 0 Å². The second-order valence-electron chi connectivity index (χ2n) is 19.6. The molecule has 0 N–H and O–H groups in total. The van der Waals surface area contributed by atoms with Crippen molar-refractivity contribution in [3.63, 3.8) is 0 Å². The predicted molar refractivity (Wildman–Crippen MR) is 233 cm³/mol. The van der Waals surface area contributed by atoms with Crippen molar-refractivity contribution in [1.29, 1.82) is 0 Å². The zero-order valence-corrected chi connectivity index (χ0v) is 34.0. The van der Waals surface area contributed by atoms with Gasteiger partial charge in [0.15, 0.2) is 0 Å². The summed E-state index contributed by atoms with van der Waals surface area (Å²) in [4.78, 5) is 5.61. The lowest BCUT2D eigenvalue weighted by Gasteiger charge is -2.78. The maximum Gasteiger partial charge on any atom is 0.0502 e. The van der Waals surface area contributed by atoms with Crippen molar-refractivity contribution in [2.24, 2.45) is 29.1 Å². The molecule has 6 aromatic carbocycles. The molecule has 2 bridgehead atoms. The lowest BCUT2D eigenvalue weighted by Crippen LogP contribution is -2.74. The first-order valence-corrected chi connectivity index (χ1v) is 22.1. The van der Waals surface area contributed by atoms with E-state index in [9.17, 15) is 0 Å². The third-order valence-electron chi connectivity index (χ3n) is 16.2. The molecule has 0 aromatic heterocycles. The zero-order chi connectivity index (χ0) is 37.6. The third-order valence-corrected chi connectivity index (χ3v) is 17.4. The molecule has 4 fully saturated rings. The van der Waals surface area contributed by atoms with Crippen LogP contribution in [-0.2, 0) is 16.2 Å². The van der Waals surface area contributed by atoms with Crippen molar-refractivity contribution in [2.45, 2.75) is 92.3 Å². The van der Waals surface area contributed by atoms with E-state index in [2.05, 4.69) is 172 Å². The standard InChI is InChI=1S/C54H51NS/c1-51(2)26-27-52(3,4)50-42(51)16-11-17-45(50)55(40-21-18-37(19-22-40)35-12-7-5-8-13-35)41-23-25-47-44(32-41)54(48-29-34-28-39-31-49(54)53(39,48)33-34)43-30-38(20-24-46(43)56-47)36-14-9-6-10-15-36/h5-25,30,32,34,39,48-49H,26-29,31,33H2,1-4H3. The number of hydrogen-bond donors (Lipinski definition) is 0. The highest BCUT2D eigenvalue weighted by molar-refractivity contribution is 7.99. The van der Waals surface area contributed by atoms with E-state index in [-0.39, 0.29) is 16.2 Å². The lowest BCUT2D eigenvalue weighted by molar-refractivity contribution is -0.235. The van der Waals surface area contributed by atoms with Gasteiger partial charge >= 0.3 is 0 Å². The number of nitrogens with zero attached hydrogens (tertiary/aromatic N) is 1. The molecule has 278 valence electrons. The summed E-state index contributed by atoms with van der Waals surface area (Å²) in [6, 6.07) is 53.7. The summed E-state index contributed by atoms with van der Waals surface area (Å²) >= 11 is 2.02. The van der Waals surface area contributed by atoms with Crippen LogP contribution >= 0.6 is 11.8 Å². The Morgan fingerprint density at radius 3 is 1.86 bits per heavy atom. The van der Waals surface area contributed by atoms with Crippen molar-refractivity contribution in [3.8, 4) is 22.3 Å². The molecule has 6 aromatic rings. The van der Waals surface area contributed by atoms with Gasteiger partial charge in [-0.3, -0.25) is 0 Å². The first kappa shape index (κ1) is 33.6. The normalized spacial score (nSPS) is 29.0. The monoisotopic (exact) mass is 745 g/mol. The Bertz CT molecular complexity index is 2550. The molecule has 6 unspecified atom stereocenters. The van der Waals surface area contributed by atoms with E-state index in [4.69, 9.17) is 0 Å². The lowest BCUT2D eigenvalue weighted by atomic mass is 9.26. The number of fused-ring (bicyclic) bond motifs is 8. The van der Waals surface area contributed by atoms with Gasteiger partial charge in [0.2, 0.25) is 0 Å². The topological polar surface area (TPSA) is 3.24 Å². The Morgan fingerprint density at radius 1 is 0.518 bits per heavy atom. The van der Waals surface area contributed by atoms with Gasteiger partial charge in [0.05, 0.1) is 5.69 Å². The largest absolute Gasteiger partial charge is 0.310 e. The predicted octanol–water partition coefficient (Wildman–Crippen LogP) is 14.7. The molecule has 1 nitrogen and oxygen atoms in total. The molecule has 4 saturated carbocycles. The summed E-state index contributed by atoms with van der Waals surface area (Å²) in [7, 11) is 0. The maximum atomic E-state index is 2.69. The molecule has 2 heteroatoms. The van der Waals surface area contributed by atoms with Crippen LogP contribution in [0.25, 0.3) is 22.3 Å². The molecular formula is C54H51NS. The first-order valence-electron chi connectivity index (χ1n) is 21.3. The van der Waals surface area contributed by atoms with Crippen LogP contribution in [0.5, 0.6) is 0 Å². The van der Waals surface area contributed by atoms with Crippen LogP contribution in [0.1, 0.15) is 88.5 Å². The molecule has 0 saturated heterocycles. The van der Waals surface area contributed by atoms with Crippen LogP contribution in [0, 0.1) is 29.1 Å². The Morgan fingerprint density at radius 2 is 1.12 bits per heavy atom. The molecule has 0 amide bonds. The highest BCUT2D eigenvalue weighted by atomic mass is 32.2. The molecule has 6 aliphatic rings. The fourth-order valence-corrected chi connectivity index (χ4v) is 15.0. The fraction of sp³-hybridized carbons (Fsp3) is 0.333. The Labute approximate surface area is 337 Å². The van der Waals surface area contributed by atoms with Gasteiger partial charge in [-0.2, -0.15) is 0 Å². The molecule has 12 rings (SSSR count). The quantitative estimate of drug-likeness (QED) is 0.173. The number of hydrogen-bond acceptors (Lipinski definition) is 2. The first-order chi connectivity index (χ1) is 27.2. The van der Waals surface area contributed by atoms with Gasteiger partial charge < -0.3 is 4.90 Å². The van der Waals surface area contributed by atoms with Gasteiger partial charge in [0, 0.05) is 26.6 Å². The van der Waals surface area contributed by atoms with Crippen molar-refractivity contribution in [1.82, 2.24) is 0 Å². The number of benzene rings is 6. The van der Waals surface area contributed by atoms with Gasteiger partial charge in [-0.1, -0.05) is 130 Å². The molecule has 2 spiro atoms. The van der Waals surface area contributed by atoms with Crippen LogP contribution < -0.4 is 4.90 Å². The smallest absolute Gasteiger partial charge is 0.0502 e. The van der Waals surface area contributed by atoms with E-state index < -0.39 is 0 Å². The van der Waals surface area contributed by atoms with Crippen molar-refractivity contribution in [2.75, 3.05) is 4.90 Å². The van der Waals surface area contributed by atoms with E-state index in [0.29, 0.717) is 5.41 Å². The second kappa shape index (κ2) is 11.5. The minimum absolute atomic E-state index is 0.0616. The molecule has 1 heterocycles.